The van der Waals surface area contributed by atoms with Crippen LogP contribution >= 0.6 is 0 Å². The standard InChI is InChI=1S/C26H52O3/c1-2-3-4-5-13-16-19-22-25(27)23-20-17-14-11-9-7-6-8-10-12-15-18-21-24-26(28)29/h25,27H,2-24H2,1H3,(H,28,29). The van der Waals surface area contributed by atoms with Gasteiger partial charge in [-0.2, -0.15) is 0 Å². The van der Waals surface area contributed by atoms with Crippen LogP contribution in [0.1, 0.15) is 155 Å². The van der Waals surface area contributed by atoms with E-state index in [1.807, 2.05) is 0 Å². The van der Waals surface area contributed by atoms with Crippen molar-refractivity contribution in [2.24, 2.45) is 0 Å². The predicted octanol–water partition coefficient (Wildman–Crippen LogP) is 8.42. The lowest BCUT2D eigenvalue weighted by Gasteiger charge is -2.10. The van der Waals surface area contributed by atoms with Gasteiger partial charge in [-0.3, -0.25) is 4.79 Å². The summed E-state index contributed by atoms with van der Waals surface area (Å²) in [6.45, 7) is 2.26. The molecular formula is C26H52O3. The molecule has 0 aromatic carbocycles. The van der Waals surface area contributed by atoms with Gasteiger partial charge in [0.15, 0.2) is 0 Å². The largest absolute Gasteiger partial charge is 0.481 e. The lowest BCUT2D eigenvalue weighted by molar-refractivity contribution is -0.137. The number of carbonyl (C=O) groups is 1. The Balaban J connectivity index is 3.13. The quantitative estimate of drug-likeness (QED) is 0.156. The average Bonchev–Trinajstić information content (AvgIpc) is 2.70. The monoisotopic (exact) mass is 412 g/mol. The number of hydrogen-bond acceptors (Lipinski definition) is 2. The summed E-state index contributed by atoms with van der Waals surface area (Å²) in [5.41, 5.74) is 0. The van der Waals surface area contributed by atoms with Crippen LogP contribution in [0.3, 0.4) is 0 Å². The summed E-state index contributed by atoms with van der Waals surface area (Å²) >= 11 is 0. The molecule has 3 nitrogen and oxygen atoms in total. The van der Waals surface area contributed by atoms with Crippen molar-refractivity contribution in [3.63, 3.8) is 0 Å². The minimum Gasteiger partial charge on any atom is -0.481 e. The Hall–Kier alpha value is -0.570. The Morgan fingerprint density at radius 3 is 1.21 bits per heavy atom. The topological polar surface area (TPSA) is 57.5 Å². The van der Waals surface area contributed by atoms with E-state index in [2.05, 4.69) is 6.92 Å². The van der Waals surface area contributed by atoms with Crippen molar-refractivity contribution in [2.45, 2.75) is 161 Å². The molecule has 0 amide bonds. The summed E-state index contributed by atoms with van der Waals surface area (Å²) in [4.78, 5) is 10.4. The third-order valence-electron chi connectivity index (χ3n) is 6.07. The molecule has 0 aromatic heterocycles. The molecule has 2 N–H and O–H groups in total. The highest BCUT2D eigenvalue weighted by atomic mass is 16.4. The summed E-state index contributed by atoms with van der Waals surface area (Å²) < 4.78 is 0. The lowest BCUT2D eigenvalue weighted by Crippen LogP contribution is -2.05. The third-order valence-corrected chi connectivity index (χ3v) is 6.07. The Morgan fingerprint density at radius 1 is 0.552 bits per heavy atom. The van der Waals surface area contributed by atoms with Crippen molar-refractivity contribution >= 4 is 5.97 Å². The first kappa shape index (κ1) is 28.4. The van der Waals surface area contributed by atoms with E-state index in [0.29, 0.717) is 6.42 Å². The summed E-state index contributed by atoms with van der Waals surface area (Å²) in [5.74, 6) is -0.662. The summed E-state index contributed by atoms with van der Waals surface area (Å²) in [5, 5.41) is 18.7. The zero-order valence-electron chi connectivity index (χ0n) is 19.6. The third kappa shape index (κ3) is 25.4. The van der Waals surface area contributed by atoms with Crippen molar-refractivity contribution in [1.29, 1.82) is 0 Å². The van der Waals surface area contributed by atoms with Gasteiger partial charge in [0.1, 0.15) is 0 Å². The van der Waals surface area contributed by atoms with E-state index >= 15 is 0 Å². The summed E-state index contributed by atoms with van der Waals surface area (Å²) in [6.07, 6.45) is 27.8. The van der Waals surface area contributed by atoms with E-state index in [-0.39, 0.29) is 6.10 Å². The van der Waals surface area contributed by atoms with E-state index in [1.165, 1.54) is 116 Å². The van der Waals surface area contributed by atoms with Crippen LogP contribution in [0.5, 0.6) is 0 Å². The first-order valence-electron chi connectivity index (χ1n) is 13.1. The first-order chi connectivity index (χ1) is 14.2. The first-order valence-corrected chi connectivity index (χ1v) is 13.1. The van der Waals surface area contributed by atoms with E-state index in [4.69, 9.17) is 5.11 Å². The van der Waals surface area contributed by atoms with Gasteiger partial charge in [-0.05, 0) is 19.3 Å². The molecule has 0 aromatic rings. The molecule has 0 heterocycles. The van der Waals surface area contributed by atoms with Gasteiger partial charge >= 0.3 is 5.97 Å². The molecule has 1 atom stereocenters. The number of hydrogen-bond donors (Lipinski definition) is 2. The maximum Gasteiger partial charge on any atom is 0.303 e. The molecule has 0 radical (unpaired) electrons. The van der Waals surface area contributed by atoms with Gasteiger partial charge in [-0.15, -0.1) is 0 Å². The molecule has 0 aliphatic heterocycles. The number of unbranched alkanes of at least 4 members (excludes halogenated alkanes) is 18. The van der Waals surface area contributed by atoms with E-state index in [0.717, 1.165) is 25.7 Å². The van der Waals surface area contributed by atoms with Gasteiger partial charge in [0.05, 0.1) is 6.10 Å². The van der Waals surface area contributed by atoms with Crippen LogP contribution in [0, 0.1) is 0 Å². The molecule has 174 valence electrons. The van der Waals surface area contributed by atoms with Crippen molar-refractivity contribution in [3.05, 3.63) is 0 Å². The van der Waals surface area contributed by atoms with Gasteiger partial charge < -0.3 is 10.2 Å². The zero-order chi connectivity index (χ0) is 21.4. The smallest absolute Gasteiger partial charge is 0.303 e. The fourth-order valence-electron chi connectivity index (χ4n) is 4.08. The summed E-state index contributed by atoms with van der Waals surface area (Å²) in [7, 11) is 0. The molecule has 0 bridgehead atoms. The van der Waals surface area contributed by atoms with Gasteiger partial charge in [-0.1, -0.05) is 129 Å². The SMILES string of the molecule is CCCCCCCCCC(O)CCCCCCCCCCCCCCCC(=O)O. The Bertz CT molecular complexity index is 330. The highest BCUT2D eigenvalue weighted by molar-refractivity contribution is 5.66. The highest BCUT2D eigenvalue weighted by Crippen LogP contribution is 2.16. The molecular weight excluding hydrogens is 360 g/mol. The molecule has 29 heavy (non-hydrogen) atoms. The van der Waals surface area contributed by atoms with Crippen molar-refractivity contribution in [2.75, 3.05) is 0 Å². The van der Waals surface area contributed by atoms with Crippen LogP contribution in [0.25, 0.3) is 0 Å². The van der Waals surface area contributed by atoms with Crippen molar-refractivity contribution in [3.8, 4) is 0 Å². The molecule has 0 saturated carbocycles. The lowest BCUT2D eigenvalue weighted by atomic mass is 10.0. The molecule has 0 fully saturated rings. The van der Waals surface area contributed by atoms with Crippen LogP contribution in [0.4, 0.5) is 0 Å². The summed E-state index contributed by atoms with van der Waals surface area (Å²) in [6, 6.07) is 0. The number of carboxylic acid groups (broad SMARTS) is 1. The maximum absolute atomic E-state index is 10.4. The average molecular weight is 413 g/mol. The minimum absolute atomic E-state index is 0.0604. The van der Waals surface area contributed by atoms with Crippen molar-refractivity contribution in [1.82, 2.24) is 0 Å². The van der Waals surface area contributed by atoms with Crippen LogP contribution < -0.4 is 0 Å². The fourth-order valence-corrected chi connectivity index (χ4v) is 4.08. The normalized spacial score (nSPS) is 12.3. The molecule has 0 aliphatic carbocycles. The Kier molecular flexibility index (Phi) is 23.2. The van der Waals surface area contributed by atoms with E-state index in [9.17, 15) is 9.90 Å². The molecule has 0 spiro atoms. The minimum atomic E-state index is -0.662. The number of rotatable bonds is 24. The van der Waals surface area contributed by atoms with Crippen molar-refractivity contribution < 1.29 is 15.0 Å². The van der Waals surface area contributed by atoms with E-state index in [1.54, 1.807) is 0 Å². The van der Waals surface area contributed by atoms with E-state index < -0.39 is 5.97 Å². The highest BCUT2D eigenvalue weighted by Gasteiger charge is 2.03. The molecule has 3 heteroatoms. The second kappa shape index (κ2) is 23.7. The van der Waals surface area contributed by atoms with Crippen LogP contribution in [0.2, 0.25) is 0 Å². The second-order valence-electron chi connectivity index (χ2n) is 9.09. The van der Waals surface area contributed by atoms with Crippen LogP contribution in [-0.2, 0) is 4.79 Å². The maximum atomic E-state index is 10.4. The van der Waals surface area contributed by atoms with Crippen LogP contribution in [-0.4, -0.2) is 22.3 Å². The fraction of sp³-hybridized carbons (Fsp3) is 0.962. The Morgan fingerprint density at radius 2 is 0.862 bits per heavy atom. The van der Waals surface area contributed by atoms with Crippen LogP contribution in [0.15, 0.2) is 0 Å². The predicted molar refractivity (Wildman–Crippen MR) is 126 cm³/mol. The van der Waals surface area contributed by atoms with Gasteiger partial charge in [0, 0.05) is 6.42 Å². The van der Waals surface area contributed by atoms with Gasteiger partial charge in [0.25, 0.3) is 0 Å². The van der Waals surface area contributed by atoms with Gasteiger partial charge in [-0.25, -0.2) is 0 Å². The number of aliphatic hydroxyl groups is 1. The second-order valence-corrected chi connectivity index (χ2v) is 9.09. The molecule has 0 saturated heterocycles. The molecule has 1 unspecified atom stereocenters. The zero-order valence-corrected chi connectivity index (χ0v) is 19.6. The number of aliphatic hydroxyl groups excluding tert-OH is 1. The molecule has 0 rings (SSSR count). The number of carboxylic acids is 1. The number of aliphatic carboxylic acids is 1. The molecule has 0 aliphatic rings. The Labute approximate surface area is 182 Å². The van der Waals surface area contributed by atoms with Gasteiger partial charge in [0.2, 0.25) is 0 Å².